The van der Waals surface area contributed by atoms with Crippen LogP contribution in [-0.4, -0.2) is 29.2 Å². The smallest absolute Gasteiger partial charge is 0.344 e. The molecule has 114 valence electrons. The third-order valence-electron chi connectivity index (χ3n) is 4.13. The van der Waals surface area contributed by atoms with Crippen LogP contribution in [0.25, 0.3) is 0 Å². The van der Waals surface area contributed by atoms with Crippen LogP contribution in [0.3, 0.4) is 0 Å². The van der Waals surface area contributed by atoms with Crippen molar-refractivity contribution in [2.24, 2.45) is 5.92 Å². The molecule has 2 atom stereocenters. The average molecular weight is 290 g/mol. The summed E-state index contributed by atoms with van der Waals surface area (Å²) in [6, 6.07) is 3.53. The van der Waals surface area contributed by atoms with E-state index in [4.69, 9.17) is 4.74 Å². The summed E-state index contributed by atoms with van der Waals surface area (Å²) in [4.78, 5) is 24.8. The van der Waals surface area contributed by atoms with Gasteiger partial charge in [-0.15, -0.1) is 0 Å². The van der Waals surface area contributed by atoms with Crippen molar-refractivity contribution in [3.8, 4) is 0 Å². The zero-order chi connectivity index (χ0) is 15.2. The highest BCUT2D eigenvalue weighted by atomic mass is 16.6. The van der Waals surface area contributed by atoms with E-state index in [1.54, 1.807) is 31.4 Å². The third-order valence-corrected chi connectivity index (χ3v) is 4.13. The molecule has 2 aliphatic heterocycles. The number of nitrogens with one attached hydrogen (secondary N) is 1. The number of carbonyl (C=O) groups is 1. The van der Waals surface area contributed by atoms with Crippen LogP contribution in [-0.2, 0) is 11.3 Å². The number of rotatable bonds is 1. The lowest BCUT2D eigenvalue weighted by Gasteiger charge is -2.37. The van der Waals surface area contributed by atoms with Crippen molar-refractivity contribution in [2.75, 3.05) is 13.1 Å². The molecule has 1 aromatic rings. The first-order chi connectivity index (χ1) is 9.85. The van der Waals surface area contributed by atoms with E-state index in [0.717, 1.165) is 25.2 Å². The van der Waals surface area contributed by atoms with Gasteiger partial charge in [0.25, 0.3) is 5.56 Å². The minimum Gasteiger partial charge on any atom is -0.456 e. The highest BCUT2D eigenvalue weighted by molar-refractivity contribution is 5.89. The number of ether oxygens (including phenoxy) is 1. The number of fused-ring (bicyclic) bond motifs is 4. The molecule has 0 amide bonds. The summed E-state index contributed by atoms with van der Waals surface area (Å²) >= 11 is 0. The Balaban J connectivity index is 1.98. The lowest BCUT2D eigenvalue weighted by Crippen LogP contribution is -2.45. The van der Waals surface area contributed by atoms with Crippen molar-refractivity contribution < 1.29 is 9.53 Å². The van der Waals surface area contributed by atoms with Crippen molar-refractivity contribution in [2.45, 2.75) is 45.3 Å². The van der Waals surface area contributed by atoms with Gasteiger partial charge in [0.2, 0.25) is 0 Å². The van der Waals surface area contributed by atoms with E-state index in [1.165, 1.54) is 0 Å². The highest BCUT2D eigenvalue weighted by Crippen LogP contribution is 2.31. The lowest BCUT2D eigenvalue weighted by molar-refractivity contribution is 0.00663. The maximum absolute atomic E-state index is 12.6. The number of pyridine rings is 1. The summed E-state index contributed by atoms with van der Waals surface area (Å²) in [5.41, 5.74) is 0.376. The molecule has 3 rings (SSSR count). The van der Waals surface area contributed by atoms with Gasteiger partial charge in [0.15, 0.2) is 0 Å². The molecule has 0 aliphatic carbocycles. The largest absolute Gasteiger partial charge is 0.456 e. The van der Waals surface area contributed by atoms with Crippen LogP contribution in [0.2, 0.25) is 0 Å². The quantitative estimate of drug-likeness (QED) is 0.797. The van der Waals surface area contributed by atoms with Crippen molar-refractivity contribution in [3.63, 3.8) is 0 Å². The maximum Gasteiger partial charge on any atom is 0.344 e. The Hall–Kier alpha value is -1.62. The molecule has 2 aliphatic rings. The molecule has 3 heterocycles. The van der Waals surface area contributed by atoms with E-state index in [2.05, 4.69) is 5.32 Å². The van der Waals surface area contributed by atoms with Gasteiger partial charge in [-0.25, -0.2) is 4.79 Å². The van der Waals surface area contributed by atoms with E-state index in [9.17, 15) is 9.59 Å². The molecule has 0 radical (unpaired) electrons. The van der Waals surface area contributed by atoms with Gasteiger partial charge in [-0.1, -0.05) is 0 Å². The number of aromatic nitrogens is 1. The van der Waals surface area contributed by atoms with Crippen LogP contribution in [0.4, 0.5) is 0 Å². The Labute approximate surface area is 124 Å². The minimum atomic E-state index is -0.593. The summed E-state index contributed by atoms with van der Waals surface area (Å²) in [6.07, 6.45) is 1.12. The molecule has 1 saturated heterocycles. The third kappa shape index (κ3) is 2.75. The SMILES string of the molecule is CC(C)(C)OC(=O)c1ccc2n(c1=O)C[C@@H]1CNC[C@H]2C1. The topological polar surface area (TPSA) is 60.3 Å². The van der Waals surface area contributed by atoms with Crippen molar-refractivity contribution in [1.29, 1.82) is 0 Å². The summed E-state index contributed by atoms with van der Waals surface area (Å²) in [6.45, 7) is 7.94. The van der Waals surface area contributed by atoms with Crippen molar-refractivity contribution >= 4 is 5.97 Å². The van der Waals surface area contributed by atoms with E-state index in [0.29, 0.717) is 18.4 Å². The monoisotopic (exact) mass is 290 g/mol. The Kier molecular flexibility index (Phi) is 3.40. The molecule has 1 aromatic heterocycles. The maximum atomic E-state index is 12.6. The van der Waals surface area contributed by atoms with Crippen LogP contribution < -0.4 is 10.9 Å². The van der Waals surface area contributed by atoms with Gasteiger partial charge < -0.3 is 14.6 Å². The van der Waals surface area contributed by atoms with Crippen LogP contribution in [0.1, 0.15) is 49.2 Å². The molecular formula is C16H22N2O3. The lowest BCUT2D eigenvalue weighted by atomic mass is 9.84. The number of hydrogen-bond acceptors (Lipinski definition) is 4. The standard InChI is InChI=1S/C16H22N2O3/c1-16(2,3)21-15(20)12-4-5-13-11-6-10(7-17-8-11)9-18(13)14(12)19/h4-5,10-11,17H,6-9H2,1-3H3/t10-,11+/m0/s1. The number of hydrogen-bond donors (Lipinski definition) is 1. The molecule has 5 nitrogen and oxygen atoms in total. The van der Waals surface area contributed by atoms with Gasteiger partial charge >= 0.3 is 5.97 Å². The zero-order valence-electron chi connectivity index (χ0n) is 12.8. The highest BCUT2D eigenvalue weighted by Gasteiger charge is 2.32. The molecule has 0 unspecified atom stereocenters. The molecule has 0 saturated carbocycles. The number of esters is 1. The van der Waals surface area contributed by atoms with E-state index in [-0.39, 0.29) is 11.1 Å². The Morgan fingerprint density at radius 2 is 2.10 bits per heavy atom. The fraction of sp³-hybridized carbons (Fsp3) is 0.625. The van der Waals surface area contributed by atoms with Crippen LogP contribution in [0.15, 0.2) is 16.9 Å². The van der Waals surface area contributed by atoms with E-state index >= 15 is 0 Å². The second-order valence-corrected chi connectivity index (χ2v) is 7.05. The zero-order valence-corrected chi connectivity index (χ0v) is 12.8. The normalized spacial score (nSPS) is 24.3. The molecule has 21 heavy (non-hydrogen) atoms. The fourth-order valence-electron chi connectivity index (χ4n) is 3.28. The summed E-state index contributed by atoms with van der Waals surface area (Å²) < 4.78 is 7.10. The van der Waals surface area contributed by atoms with Gasteiger partial charge in [-0.05, 0) is 51.8 Å². The predicted molar refractivity (Wildman–Crippen MR) is 79.6 cm³/mol. The predicted octanol–water partition coefficient (Wildman–Crippen LogP) is 1.51. The van der Waals surface area contributed by atoms with Gasteiger partial charge in [0, 0.05) is 24.7 Å². The fourth-order valence-corrected chi connectivity index (χ4v) is 3.28. The number of carbonyl (C=O) groups excluding carboxylic acids is 1. The number of piperidine rings is 1. The van der Waals surface area contributed by atoms with Gasteiger partial charge in [-0.2, -0.15) is 0 Å². The Morgan fingerprint density at radius 1 is 1.33 bits per heavy atom. The van der Waals surface area contributed by atoms with Crippen molar-refractivity contribution in [1.82, 2.24) is 9.88 Å². The van der Waals surface area contributed by atoms with Crippen LogP contribution >= 0.6 is 0 Å². The Morgan fingerprint density at radius 3 is 2.81 bits per heavy atom. The van der Waals surface area contributed by atoms with Gasteiger partial charge in [0.1, 0.15) is 11.2 Å². The van der Waals surface area contributed by atoms with Gasteiger partial charge in [-0.3, -0.25) is 4.79 Å². The summed E-state index contributed by atoms with van der Waals surface area (Å²) in [5.74, 6) is 0.317. The second kappa shape index (κ2) is 4.98. The van der Waals surface area contributed by atoms with Crippen LogP contribution in [0, 0.1) is 5.92 Å². The minimum absolute atomic E-state index is 0.140. The van der Waals surface area contributed by atoms with Crippen LogP contribution in [0.5, 0.6) is 0 Å². The first-order valence-electron chi connectivity index (χ1n) is 7.53. The molecular weight excluding hydrogens is 268 g/mol. The molecule has 5 heteroatoms. The Bertz CT molecular complexity index is 627. The van der Waals surface area contributed by atoms with E-state index in [1.807, 2.05) is 6.07 Å². The summed E-state index contributed by atoms with van der Waals surface area (Å²) in [7, 11) is 0. The number of nitrogens with zero attached hydrogens (tertiary/aromatic N) is 1. The molecule has 1 N–H and O–H groups in total. The molecule has 0 aromatic carbocycles. The van der Waals surface area contributed by atoms with Crippen molar-refractivity contribution in [3.05, 3.63) is 33.7 Å². The summed E-state index contributed by atoms with van der Waals surface area (Å²) in [5, 5.41) is 3.41. The molecule has 1 fully saturated rings. The first-order valence-corrected chi connectivity index (χ1v) is 7.53. The molecule has 0 spiro atoms. The van der Waals surface area contributed by atoms with Gasteiger partial charge in [0.05, 0.1) is 0 Å². The second-order valence-electron chi connectivity index (χ2n) is 7.05. The first kappa shape index (κ1) is 14.3. The molecule has 2 bridgehead atoms. The average Bonchev–Trinajstić information content (AvgIpc) is 2.38. The van der Waals surface area contributed by atoms with E-state index < -0.39 is 11.6 Å².